The Hall–Kier alpha value is -2.01. The third-order valence-electron chi connectivity index (χ3n) is 4.02. The third kappa shape index (κ3) is 2.74. The highest BCUT2D eigenvalue weighted by Gasteiger charge is 2.20. The Morgan fingerprint density at radius 3 is 2.86 bits per heavy atom. The molecule has 0 bridgehead atoms. The second-order valence-corrected chi connectivity index (χ2v) is 5.31. The SMILES string of the molecule is COc1ccc2[nH]c(C)c(CC(=O)N3CCOCC3)c2c1. The molecule has 0 saturated carbocycles. The minimum atomic E-state index is 0.158. The van der Waals surface area contributed by atoms with Crippen molar-refractivity contribution in [1.82, 2.24) is 9.88 Å². The molecule has 1 aromatic heterocycles. The molecule has 1 aliphatic rings. The van der Waals surface area contributed by atoms with Gasteiger partial charge >= 0.3 is 0 Å². The summed E-state index contributed by atoms with van der Waals surface area (Å²) in [5.41, 5.74) is 3.14. The normalized spacial score (nSPS) is 15.4. The quantitative estimate of drug-likeness (QED) is 0.938. The molecular weight excluding hydrogens is 268 g/mol. The highest BCUT2D eigenvalue weighted by atomic mass is 16.5. The number of benzene rings is 1. The van der Waals surface area contributed by atoms with E-state index >= 15 is 0 Å². The number of aryl methyl sites for hydroxylation is 1. The maximum atomic E-state index is 12.4. The first-order valence-corrected chi connectivity index (χ1v) is 7.20. The number of H-pyrrole nitrogens is 1. The van der Waals surface area contributed by atoms with E-state index in [9.17, 15) is 4.79 Å². The molecule has 2 aromatic rings. The van der Waals surface area contributed by atoms with Crippen LogP contribution in [0.25, 0.3) is 10.9 Å². The minimum absolute atomic E-state index is 0.158. The summed E-state index contributed by atoms with van der Waals surface area (Å²) in [6, 6.07) is 5.90. The number of morpholine rings is 1. The monoisotopic (exact) mass is 288 g/mol. The number of aromatic nitrogens is 1. The molecule has 0 atom stereocenters. The van der Waals surface area contributed by atoms with E-state index in [0.717, 1.165) is 27.9 Å². The molecule has 1 aliphatic heterocycles. The maximum absolute atomic E-state index is 12.4. The topological polar surface area (TPSA) is 54.6 Å². The molecule has 2 heterocycles. The zero-order chi connectivity index (χ0) is 14.8. The molecule has 21 heavy (non-hydrogen) atoms. The fraction of sp³-hybridized carbons (Fsp3) is 0.438. The predicted octanol–water partition coefficient (Wildman–Crippen LogP) is 1.89. The summed E-state index contributed by atoms with van der Waals surface area (Å²) in [5, 5.41) is 1.06. The fourth-order valence-corrected chi connectivity index (χ4v) is 2.79. The summed E-state index contributed by atoms with van der Waals surface area (Å²) in [4.78, 5) is 17.7. The second-order valence-electron chi connectivity index (χ2n) is 5.31. The Morgan fingerprint density at radius 1 is 1.38 bits per heavy atom. The van der Waals surface area contributed by atoms with Crippen LogP contribution in [0.4, 0.5) is 0 Å². The molecular formula is C16H20N2O3. The number of carbonyl (C=O) groups excluding carboxylic acids is 1. The Labute approximate surface area is 123 Å². The Kier molecular flexibility index (Phi) is 3.84. The lowest BCUT2D eigenvalue weighted by atomic mass is 10.1. The zero-order valence-corrected chi connectivity index (χ0v) is 12.4. The van der Waals surface area contributed by atoms with E-state index < -0.39 is 0 Å². The lowest BCUT2D eigenvalue weighted by Gasteiger charge is -2.26. The van der Waals surface area contributed by atoms with Gasteiger partial charge in [0.05, 0.1) is 26.7 Å². The highest BCUT2D eigenvalue weighted by molar-refractivity contribution is 5.91. The average Bonchev–Trinajstić information content (AvgIpc) is 2.83. The van der Waals surface area contributed by atoms with Crippen molar-refractivity contribution in [3.63, 3.8) is 0 Å². The standard InChI is InChI=1S/C16H20N2O3/c1-11-13(10-16(19)18-5-7-21-8-6-18)14-9-12(20-2)3-4-15(14)17-11/h3-4,9,17H,5-8,10H2,1-2H3. The smallest absolute Gasteiger partial charge is 0.227 e. The van der Waals surface area contributed by atoms with Gasteiger partial charge in [0.1, 0.15) is 5.75 Å². The minimum Gasteiger partial charge on any atom is -0.497 e. The van der Waals surface area contributed by atoms with Crippen LogP contribution in [-0.2, 0) is 16.0 Å². The number of aromatic amines is 1. The van der Waals surface area contributed by atoms with Gasteiger partial charge in [-0.25, -0.2) is 0 Å². The van der Waals surface area contributed by atoms with Gasteiger partial charge in [-0.1, -0.05) is 0 Å². The summed E-state index contributed by atoms with van der Waals surface area (Å²) in [6.07, 6.45) is 0.416. The average molecular weight is 288 g/mol. The molecule has 0 unspecified atom stereocenters. The zero-order valence-electron chi connectivity index (χ0n) is 12.4. The maximum Gasteiger partial charge on any atom is 0.227 e. The first kappa shape index (κ1) is 13.9. The van der Waals surface area contributed by atoms with Gasteiger partial charge in [0.15, 0.2) is 0 Å². The summed E-state index contributed by atoms with van der Waals surface area (Å²) >= 11 is 0. The largest absolute Gasteiger partial charge is 0.497 e. The molecule has 1 fully saturated rings. The molecule has 5 heteroatoms. The second kappa shape index (κ2) is 5.77. The van der Waals surface area contributed by atoms with Crippen LogP contribution in [0.3, 0.4) is 0 Å². The number of hydrogen-bond acceptors (Lipinski definition) is 3. The molecule has 1 saturated heterocycles. The lowest BCUT2D eigenvalue weighted by Crippen LogP contribution is -2.41. The van der Waals surface area contributed by atoms with Gasteiger partial charge in [0.2, 0.25) is 5.91 Å². The van der Waals surface area contributed by atoms with Crippen LogP contribution in [0.5, 0.6) is 5.75 Å². The van der Waals surface area contributed by atoms with E-state index in [1.807, 2.05) is 30.0 Å². The van der Waals surface area contributed by atoms with Gasteiger partial charge in [0, 0.05) is 29.7 Å². The number of carbonyl (C=O) groups is 1. The van der Waals surface area contributed by atoms with Crippen LogP contribution in [-0.4, -0.2) is 49.2 Å². The molecule has 1 N–H and O–H groups in total. The van der Waals surface area contributed by atoms with Gasteiger partial charge in [-0.3, -0.25) is 4.79 Å². The summed E-state index contributed by atoms with van der Waals surface area (Å²) < 4.78 is 10.6. The first-order chi connectivity index (χ1) is 10.2. The van der Waals surface area contributed by atoms with Crippen LogP contribution in [0, 0.1) is 6.92 Å². The van der Waals surface area contributed by atoms with Crippen molar-refractivity contribution in [1.29, 1.82) is 0 Å². The van der Waals surface area contributed by atoms with Crippen molar-refractivity contribution < 1.29 is 14.3 Å². The number of rotatable bonds is 3. The van der Waals surface area contributed by atoms with Crippen molar-refractivity contribution >= 4 is 16.8 Å². The third-order valence-corrected chi connectivity index (χ3v) is 4.02. The molecule has 0 radical (unpaired) electrons. The number of methoxy groups -OCH3 is 1. The fourth-order valence-electron chi connectivity index (χ4n) is 2.79. The van der Waals surface area contributed by atoms with Crippen molar-refractivity contribution in [2.24, 2.45) is 0 Å². The van der Waals surface area contributed by atoms with Crippen molar-refractivity contribution in [2.75, 3.05) is 33.4 Å². The Balaban J connectivity index is 1.88. The Bertz CT molecular complexity index is 657. The van der Waals surface area contributed by atoms with Crippen molar-refractivity contribution in [3.05, 3.63) is 29.5 Å². The van der Waals surface area contributed by atoms with Crippen LogP contribution >= 0.6 is 0 Å². The van der Waals surface area contributed by atoms with E-state index in [1.165, 1.54) is 0 Å². The molecule has 1 aromatic carbocycles. The first-order valence-electron chi connectivity index (χ1n) is 7.20. The molecule has 5 nitrogen and oxygen atoms in total. The van der Waals surface area contributed by atoms with Crippen LogP contribution < -0.4 is 4.74 Å². The van der Waals surface area contributed by atoms with Crippen LogP contribution in [0.2, 0.25) is 0 Å². The van der Waals surface area contributed by atoms with Crippen molar-refractivity contribution in [2.45, 2.75) is 13.3 Å². The number of hydrogen-bond donors (Lipinski definition) is 1. The van der Waals surface area contributed by atoms with Crippen molar-refractivity contribution in [3.8, 4) is 5.75 Å². The number of nitrogens with zero attached hydrogens (tertiary/aromatic N) is 1. The summed E-state index contributed by atoms with van der Waals surface area (Å²) in [5.74, 6) is 0.965. The van der Waals surface area contributed by atoms with Crippen LogP contribution in [0.15, 0.2) is 18.2 Å². The number of nitrogens with one attached hydrogen (secondary N) is 1. The highest BCUT2D eigenvalue weighted by Crippen LogP contribution is 2.27. The molecule has 1 amide bonds. The van der Waals surface area contributed by atoms with Gasteiger partial charge in [0.25, 0.3) is 0 Å². The van der Waals surface area contributed by atoms with Gasteiger partial charge in [-0.2, -0.15) is 0 Å². The predicted molar refractivity (Wildman–Crippen MR) is 80.7 cm³/mol. The van der Waals surface area contributed by atoms with E-state index in [2.05, 4.69) is 4.98 Å². The lowest BCUT2D eigenvalue weighted by molar-refractivity contribution is -0.134. The van der Waals surface area contributed by atoms with Crippen LogP contribution in [0.1, 0.15) is 11.3 Å². The molecule has 0 aliphatic carbocycles. The van der Waals surface area contributed by atoms with E-state index in [0.29, 0.717) is 32.7 Å². The number of ether oxygens (including phenoxy) is 2. The number of amides is 1. The van der Waals surface area contributed by atoms with E-state index in [1.54, 1.807) is 7.11 Å². The molecule has 112 valence electrons. The van der Waals surface area contributed by atoms with E-state index in [-0.39, 0.29) is 5.91 Å². The molecule has 0 spiro atoms. The van der Waals surface area contributed by atoms with E-state index in [4.69, 9.17) is 9.47 Å². The Morgan fingerprint density at radius 2 is 2.14 bits per heavy atom. The van der Waals surface area contributed by atoms with Gasteiger partial charge in [-0.15, -0.1) is 0 Å². The number of fused-ring (bicyclic) bond motifs is 1. The van der Waals surface area contributed by atoms with Gasteiger partial charge < -0.3 is 19.4 Å². The summed E-state index contributed by atoms with van der Waals surface area (Å²) in [6.45, 7) is 4.64. The summed E-state index contributed by atoms with van der Waals surface area (Å²) in [7, 11) is 1.65. The van der Waals surface area contributed by atoms with Gasteiger partial charge in [-0.05, 0) is 30.7 Å². The molecule has 3 rings (SSSR count).